The molecule has 0 aliphatic rings. The summed E-state index contributed by atoms with van der Waals surface area (Å²) < 4.78 is 13.0. The van der Waals surface area contributed by atoms with Crippen molar-refractivity contribution < 1.29 is 24.2 Å². The highest BCUT2D eigenvalue weighted by molar-refractivity contribution is 6.31. The van der Waals surface area contributed by atoms with Gasteiger partial charge in [-0.1, -0.05) is 83.4 Å². The largest absolute Gasteiger partial charge is 0.490 e. The number of rotatable bonds is 12. The van der Waals surface area contributed by atoms with Gasteiger partial charge in [0.05, 0.1) is 6.61 Å². The lowest BCUT2D eigenvalue weighted by molar-refractivity contribution is -0.153. The van der Waals surface area contributed by atoms with E-state index < -0.39 is 12.1 Å². The van der Waals surface area contributed by atoms with Crippen LogP contribution in [0, 0.1) is 13.8 Å². The Morgan fingerprint density at radius 1 is 1.03 bits per heavy atom. The average Bonchev–Trinajstić information content (AvgIpc) is 3.39. The number of hydrogen-bond donors (Lipinski definition) is 1. The zero-order valence-corrected chi connectivity index (χ0v) is 22.5. The third-order valence-corrected chi connectivity index (χ3v) is 6.41. The van der Waals surface area contributed by atoms with Gasteiger partial charge in [-0.2, -0.15) is 0 Å². The van der Waals surface area contributed by atoms with Gasteiger partial charge in [0.2, 0.25) is 5.78 Å². The van der Waals surface area contributed by atoms with Gasteiger partial charge >= 0.3 is 5.97 Å². The van der Waals surface area contributed by atoms with E-state index in [4.69, 9.17) is 21.1 Å². The van der Waals surface area contributed by atoms with Crippen molar-refractivity contribution in [3.05, 3.63) is 124 Å². The highest BCUT2D eigenvalue weighted by Gasteiger charge is 2.20. The quantitative estimate of drug-likeness (QED) is 0.215. The number of carbonyl (C=O) groups excluding carboxylic acids is 1. The van der Waals surface area contributed by atoms with Crippen molar-refractivity contribution in [2.45, 2.75) is 33.1 Å². The molecule has 0 spiro atoms. The van der Waals surface area contributed by atoms with Crippen LogP contribution >= 0.6 is 11.6 Å². The number of aryl methyl sites for hydroxylation is 2. The second-order valence-electron chi connectivity index (χ2n) is 9.11. The number of nitrogens with zero attached hydrogens (tertiary/aromatic N) is 2. The second-order valence-corrected chi connectivity index (χ2v) is 9.52. The molecule has 1 unspecified atom stereocenters. The molecule has 0 radical (unpaired) electrons. The Labute approximate surface area is 232 Å². The predicted molar refractivity (Wildman–Crippen MR) is 150 cm³/mol. The van der Waals surface area contributed by atoms with Crippen molar-refractivity contribution in [3.63, 3.8) is 0 Å². The molecule has 1 heterocycles. The minimum absolute atomic E-state index is 0.0244. The standard InChI is InChI=1S/C31H29ClN2O5/c1-21-5-10-24(11-6-21)29(35)30-33-15-17-34(30)16-3-4-23-9-12-25(27(32)18-23)19-39-28(31(36)37)20-38-26-13-7-22(2)8-14-26/h3-15,17-18,28H,16,19-20H2,1-2H3,(H,36,37). The summed E-state index contributed by atoms with van der Waals surface area (Å²) in [5.74, 6) is -0.303. The fraction of sp³-hybridized carbons (Fsp3) is 0.194. The normalized spacial score (nSPS) is 12.0. The first-order valence-electron chi connectivity index (χ1n) is 12.4. The summed E-state index contributed by atoms with van der Waals surface area (Å²) in [6.07, 6.45) is 6.04. The molecule has 0 aliphatic heterocycles. The van der Waals surface area contributed by atoms with E-state index >= 15 is 0 Å². The molecule has 1 aromatic heterocycles. The zero-order valence-electron chi connectivity index (χ0n) is 21.7. The van der Waals surface area contributed by atoms with Gasteiger partial charge in [0, 0.05) is 29.5 Å². The first-order valence-corrected chi connectivity index (χ1v) is 12.8. The molecule has 4 rings (SSSR count). The number of ether oxygens (including phenoxy) is 2. The molecule has 4 aromatic rings. The Balaban J connectivity index is 1.33. The number of carbonyl (C=O) groups is 2. The molecule has 39 heavy (non-hydrogen) atoms. The maximum Gasteiger partial charge on any atom is 0.336 e. The highest BCUT2D eigenvalue weighted by Crippen LogP contribution is 2.21. The predicted octanol–water partition coefficient (Wildman–Crippen LogP) is 6.15. The maximum atomic E-state index is 12.9. The SMILES string of the molecule is Cc1ccc(OCC(OCc2ccc(C=CCn3ccnc3C(=O)c3ccc(C)cc3)cc2Cl)C(=O)O)cc1. The van der Waals surface area contributed by atoms with E-state index in [1.807, 2.05) is 56.3 Å². The number of carboxylic acid groups (broad SMARTS) is 1. The van der Waals surface area contributed by atoms with Crippen molar-refractivity contribution >= 4 is 29.4 Å². The summed E-state index contributed by atoms with van der Waals surface area (Å²) in [6, 6.07) is 20.2. The summed E-state index contributed by atoms with van der Waals surface area (Å²) in [6.45, 7) is 4.29. The van der Waals surface area contributed by atoms with E-state index in [0.29, 0.717) is 34.3 Å². The van der Waals surface area contributed by atoms with Crippen molar-refractivity contribution in [2.75, 3.05) is 6.61 Å². The summed E-state index contributed by atoms with van der Waals surface area (Å²) in [7, 11) is 0. The number of allylic oxidation sites excluding steroid dienone is 1. The molecule has 0 saturated carbocycles. The van der Waals surface area contributed by atoms with E-state index in [-0.39, 0.29) is 19.0 Å². The Bertz CT molecular complexity index is 1460. The van der Waals surface area contributed by atoms with Gasteiger partial charge in [0.25, 0.3) is 0 Å². The fourth-order valence-electron chi connectivity index (χ4n) is 3.77. The number of ketones is 1. The van der Waals surface area contributed by atoms with E-state index in [0.717, 1.165) is 16.7 Å². The third-order valence-electron chi connectivity index (χ3n) is 6.06. The average molecular weight is 545 g/mol. The number of hydrogen-bond acceptors (Lipinski definition) is 5. The van der Waals surface area contributed by atoms with Gasteiger partial charge in [-0.15, -0.1) is 0 Å². The smallest absolute Gasteiger partial charge is 0.336 e. The molecule has 0 saturated heterocycles. The lowest BCUT2D eigenvalue weighted by atomic mass is 10.1. The van der Waals surface area contributed by atoms with Crippen molar-refractivity contribution in [1.82, 2.24) is 9.55 Å². The van der Waals surface area contributed by atoms with Crippen molar-refractivity contribution in [1.29, 1.82) is 0 Å². The van der Waals surface area contributed by atoms with Crippen LogP contribution in [0.2, 0.25) is 5.02 Å². The molecule has 1 N–H and O–H groups in total. The minimum atomic E-state index is -1.14. The molecule has 0 fully saturated rings. The molecule has 8 heteroatoms. The van der Waals surface area contributed by atoms with Crippen molar-refractivity contribution in [2.24, 2.45) is 0 Å². The molecule has 200 valence electrons. The highest BCUT2D eigenvalue weighted by atomic mass is 35.5. The van der Waals surface area contributed by atoms with Crippen LogP contribution in [-0.4, -0.2) is 39.1 Å². The molecule has 1 atom stereocenters. The number of imidazole rings is 1. The number of benzene rings is 3. The first-order chi connectivity index (χ1) is 18.8. The maximum absolute atomic E-state index is 12.9. The number of halogens is 1. The molecular weight excluding hydrogens is 516 g/mol. The van der Waals surface area contributed by atoms with E-state index in [2.05, 4.69) is 4.98 Å². The van der Waals surface area contributed by atoms with Gasteiger partial charge in [-0.3, -0.25) is 4.79 Å². The number of carboxylic acids is 1. The summed E-state index contributed by atoms with van der Waals surface area (Å²) >= 11 is 6.45. The van der Waals surface area contributed by atoms with Crippen LogP contribution in [0.25, 0.3) is 6.08 Å². The summed E-state index contributed by atoms with van der Waals surface area (Å²) in [5.41, 5.74) is 4.28. The van der Waals surface area contributed by atoms with Crippen LogP contribution in [-0.2, 0) is 22.7 Å². The van der Waals surface area contributed by atoms with E-state index in [1.54, 1.807) is 53.4 Å². The van der Waals surface area contributed by atoms with Gasteiger partial charge in [-0.05, 0) is 43.2 Å². The molecule has 0 aliphatic carbocycles. The third kappa shape index (κ3) is 7.66. The molecule has 0 amide bonds. The Morgan fingerprint density at radius 2 is 1.72 bits per heavy atom. The van der Waals surface area contributed by atoms with Crippen LogP contribution in [0.3, 0.4) is 0 Å². The number of aliphatic carboxylic acids is 1. The molecule has 0 bridgehead atoms. The fourth-order valence-corrected chi connectivity index (χ4v) is 4.02. The van der Waals surface area contributed by atoms with Gasteiger partial charge in [-0.25, -0.2) is 9.78 Å². The molecular formula is C31H29ClN2O5. The van der Waals surface area contributed by atoms with Crippen LogP contribution < -0.4 is 4.74 Å². The summed E-state index contributed by atoms with van der Waals surface area (Å²) in [4.78, 5) is 28.7. The monoisotopic (exact) mass is 544 g/mol. The molecule has 3 aromatic carbocycles. The number of aromatic nitrogens is 2. The Morgan fingerprint density at radius 3 is 2.38 bits per heavy atom. The van der Waals surface area contributed by atoms with Crippen LogP contribution in [0.15, 0.2) is 85.2 Å². The van der Waals surface area contributed by atoms with E-state index in [1.165, 1.54) is 0 Å². The second kappa shape index (κ2) is 13.0. The lowest BCUT2D eigenvalue weighted by Gasteiger charge is -2.15. The first kappa shape index (κ1) is 27.8. The lowest BCUT2D eigenvalue weighted by Crippen LogP contribution is -2.30. The Hall–Kier alpha value is -4.20. The van der Waals surface area contributed by atoms with Gasteiger partial charge in [0.1, 0.15) is 12.4 Å². The van der Waals surface area contributed by atoms with Crippen LogP contribution in [0.1, 0.15) is 38.4 Å². The van der Waals surface area contributed by atoms with Gasteiger partial charge in [0.15, 0.2) is 11.9 Å². The van der Waals surface area contributed by atoms with Gasteiger partial charge < -0.3 is 19.1 Å². The zero-order chi connectivity index (χ0) is 27.8. The van der Waals surface area contributed by atoms with E-state index in [9.17, 15) is 14.7 Å². The Kier molecular flexibility index (Phi) is 9.31. The minimum Gasteiger partial charge on any atom is -0.490 e. The molecule has 7 nitrogen and oxygen atoms in total. The summed E-state index contributed by atoms with van der Waals surface area (Å²) in [5, 5.41) is 9.97. The van der Waals surface area contributed by atoms with Crippen molar-refractivity contribution in [3.8, 4) is 5.75 Å². The van der Waals surface area contributed by atoms with Crippen LogP contribution in [0.5, 0.6) is 5.75 Å². The topological polar surface area (TPSA) is 90.7 Å². The van der Waals surface area contributed by atoms with Crippen LogP contribution in [0.4, 0.5) is 0 Å².